The Morgan fingerprint density at radius 3 is 3.05 bits per heavy atom. The number of tetrazole rings is 1. The molecule has 0 saturated carbocycles. The van der Waals surface area contributed by atoms with Crippen molar-refractivity contribution in [3.63, 3.8) is 0 Å². The molecule has 1 N–H and O–H groups in total. The summed E-state index contributed by atoms with van der Waals surface area (Å²) in [5.41, 5.74) is 1.10. The van der Waals surface area contributed by atoms with Crippen molar-refractivity contribution in [1.82, 2.24) is 30.5 Å². The molecular formula is C11H18N6S2. The molecule has 0 bridgehead atoms. The Morgan fingerprint density at radius 1 is 1.42 bits per heavy atom. The van der Waals surface area contributed by atoms with E-state index in [1.54, 1.807) is 23.1 Å². The van der Waals surface area contributed by atoms with E-state index in [0.717, 1.165) is 42.7 Å². The van der Waals surface area contributed by atoms with Crippen LogP contribution in [0.5, 0.6) is 0 Å². The zero-order valence-electron chi connectivity index (χ0n) is 11.2. The van der Waals surface area contributed by atoms with E-state index < -0.39 is 0 Å². The van der Waals surface area contributed by atoms with Crippen LogP contribution < -0.4 is 5.32 Å². The maximum atomic E-state index is 4.54. The molecule has 0 amide bonds. The van der Waals surface area contributed by atoms with Gasteiger partial charge in [-0.2, -0.15) is 0 Å². The maximum absolute atomic E-state index is 4.54. The molecule has 2 rings (SSSR count). The van der Waals surface area contributed by atoms with Crippen LogP contribution in [0.4, 0.5) is 0 Å². The molecule has 0 fully saturated rings. The van der Waals surface area contributed by atoms with Gasteiger partial charge in [-0.05, 0) is 23.4 Å². The van der Waals surface area contributed by atoms with Crippen LogP contribution in [-0.2, 0) is 18.7 Å². The average Bonchev–Trinajstić information content (AvgIpc) is 3.05. The van der Waals surface area contributed by atoms with E-state index in [-0.39, 0.29) is 0 Å². The first kappa shape index (κ1) is 14.4. The second-order valence-electron chi connectivity index (χ2n) is 3.91. The summed E-state index contributed by atoms with van der Waals surface area (Å²) in [6.07, 6.45) is 0.996. The molecular weight excluding hydrogens is 280 g/mol. The van der Waals surface area contributed by atoms with E-state index in [2.05, 4.69) is 45.1 Å². The number of hydrogen-bond acceptors (Lipinski definition) is 7. The third kappa shape index (κ3) is 4.26. The Balaban J connectivity index is 1.86. The van der Waals surface area contributed by atoms with Gasteiger partial charge in [0.1, 0.15) is 0 Å². The number of hydrogen-bond donors (Lipinski definition) is 1. The minimum absolute atomic E-state index is 0.792. The van der Waals surface area contributed by atoms with Crippen molar-refractivity contribution in [3.05, 3.63) is 16.1 Å². The molecule has 0 unspecified atom stereocenters. The molecule has 6 nitrogen and oxygen atoms in total. The lowest BCUT2D eigenvalue weighted by molar-refractivity contribution is 0.517. The van der Waals surface area contributed by atoms with Crippen LogP contribution in [0.15, 0.2) is 10.5 Å². The summed E-state index contributed by atoms with van der Waals surface area (Å²) in [5.74, 6) is 0.818. The summed E-state index contributed by atoms with van der Waals surface area (Å²) < 4.78 is 1.83. The number of thiazole rings is 1. The highest BCUT2D eigenvalue weighted by molar-refractivity contribution is 7.98. The summed E-state index contributed by atoms with van der Waals surface area (Å²) in [4.78, 5) is 4.54. The van der Waals surface area contributed by atoms with Crippen molar-refractivity contribution in [2.24, 2.45) is 0 Å². The second kappa shape index (κ2) is 7.56. The fraction of sp³-hybridized carbons (Fsp3) is 0.636. The van der Waals surface area contributed by atoms with E-state index in [0.29, 0.717) is 0 Å². The zero-order valence-corrected chi connectivity index (χ0v) is 12.8. The molecule has 0 aliphatic rings. The Labute approximate surface area is 121 Å². The number of rotatable bonds is 8. The molecule has 0 aromatic carbocycles. The standard InChI is InChI=1S/C11H18N6S2/c1-3-10-13-9(7-18-10)8-19-11-14-15-16-17(11)6-5-12-4-2/h7,12H,3-6,8H2,1-2H3. The Bertz CT molecular complexity index is 495. The largest absolute Gasteiger partial charge is 0.315 e. The third-order valence-electron chi connectivity index (χ3n) is 2.50. The molecule has 2 heterocycles. The molecule has 0 aliphatic carbocycles. The summed E-state index contributed by atoms with van der Waals surface area (Å²) in [7, 11) is 0. The first-order valence-corrected chi connectivity index (χ1v) is 8.23. The van der Waals surface area contributed by atoms with Crippen LogP contribution in [-0.4, -0.2) is 38.3 Å². The van der Waals surface area contributed by atoms with Gasteiger partial charge in [-0.1, -0.05) is 25.6 Å². The monoisotopic (exact) mass is 298 g/mol. The van der Waals surface area contributed by atoms with Crippen molar-refractivity contribution in [1.29, 1.82) is 0 Å². The lowest BCUT2D eigenvalue weighted by Gasteiger charge is -2.03. The first-order chi connectivity index (χ1) is 9.33. The van der Waals surface area contributed by atoms with Crippen molar-refractivity contribution >= 4 is 23.1 Å². The quantitative estimate of drug-likeness (QED) is 0.589. The molecule has 0 aliphatic heterocycles. The van der Waals surface area contributed by atoms with E-state index in [4.69, 9.17) is 0 Å². The lowest BCUT2D eigenvalue weighted by atomic mass is 10.5. The summed E-state index contributed by atoms with van der Waals surface area (Å²) in [5, 5.41) is 19.2. The molecule has 2 aromatic rings. The SMILES string of the molecule is CCNCCn1nnnc1SCc1csc(CC)n1. The van der Waals surface area contributed by atoms with Crippen LogP contribution in [0, 0.1) is 0 Å². The predicted octanol–water partition coefficient (Wildman–Crippen LogP) is 1.59. The van der Waals surface area contributed by atoms with E-state index in [9.17, 15) is 0 Å². The fourth-order valence-corrected chi connectivity index (χ4v) is 3.16. The summed E-state index contributed by atoms with van der Waals surface area (Å²) >= 11 is 3.35. The fourth-order valence-electron chi connectivity index (χ4n) is 1.52. The number of thioether (sulfide) groups is 1. The topological polar surface area (TPSA) is 68.5 Å². The lowest BCUT2D eigenvalue weighted by Crippen LogP contribution is -2.20. The highest BCUT2D eigenvalue weighted by Crippen LogP contribution is 2.21. The number of aryl methyl sites for hydroxylation is 1. The van der Waals surface area contributed by atoms with E-state index in [1.807, 2.05) is 4.68 Å². The van der Waals surface area contributed by atoms with Gasteiger partial charge in [0, 0.05) is 17.7 Å². The molecule has 2 aromatic heterocycles. The van der Waals surface area contributed by atoms with Gasteiger partial charge in [0.25, 0.3) is 0 Å². The molecule has 19 heavy (non-hydrogen) atoms. The van der Waals surface area contributed by atoms with Crippen LogP contribution in [0.1, 0.15) is 24.5 Å². The van der Waals surface area contributed by atoms with E-state index in [1.165, 1.54) is 5.01 Å². The van der Waals surface area contributed by atoms with Gasteiger partial charge in [-0.25, -0.2) is 9.67 Å². The van der Waals surface area contributed by atoms with Crippen molar-refractivity contribution in [2.45, 2.75) is 37.7 Å². The molecule has 0 radical (unpaired) electrons. The van der Waals surface area contributed by atoms with Crippen LogP contribution in [0.25, 0.3) is 0 Å². The smallest absolute Gasteiger partial charge is 0.209 e. The van der Waals surface area contributed by atoms with Crippen molar-refractivity contribution in [3.8, 4) is 0 Å². The Morgan fingerprint density at radius 2 is 2.32 bits per heavy atom. The third-order valence-corrected chi connectivity index (χ3v) is 4.53. The highest BCUT2D eigenvalue weighted by Gasteiger charge is 2.08. The number of nitrogens with zero attached hydrogens (tertiary/aromatic N) is 5. The van der Waals surface area contributed by atoms with Crippen molar-refractivity contribution < 1.29 is 0 Å². The summed E-state index contributed by atoms with van der Waals surface area (Å²) in [6, 6.07) is 0. The molecule has 0 spiro atoms. The van der Waals surface area contributed by atoms with Crippen LogP contribution >= 0.6 is 23.1 Å². The average molecular weight is 298 g/mol. The van der Waals surface area contributed by atoms with Gasteiger partial charge in [-0.3, -0.25) is 0 Å². The molecule has 0 atom stereocenters. The van der Waals surface area contributed by atoms with Crippen molar-refractivity contribution in [2.75, 3.05) is 13.1 Å². The van der Waals surface area contributed by atoms with E-state index >= 15 is 0 Å². The Hall–Kier alpha value is -0.990. The Kier molecular flexibility index (Phi) is 5.74. The normalized spacial score (nSPS) is 11.1. The maximum Gasteiger partial charge on any atom is 0.209 e. The predicted molar refractivity (Wildman–Crippen MR) is 77.4 cm³/mol. The van der Waals surface area contributed by atoms with Crippen LogP contribution in [0.2, 0.25) is 0 Å². The van der Waals surface area contributed by atoms with Gasteiger partial charge in [0.15, 0.2) is 0 Å². The molecule has 8 heteroatoms. The zero-order chi connectivity index (χ0) is 13.5. The minimum Gasteiger partial charge on any atom is -0.315 e. The van der Waals surface area contributed by atoms with Gasteiger partial charge in [-0.15, -0.1) is 16.4 Å². The number of likely N-dealkylation sites (N-methyl/N-ethyl adjacent to an activating group) is 1. The number of aromatic nitrogens is 5. The molecule has 104 valence electrons. The first-order valence-electron chi connectivity index (χ1n) is 6.36. The highest BCUT2D eigenvalue weighted by atomic mass is 32.2. The van der Waals surface area contributed by atoms with Gasteiger partial charge in [0.2, 0.25) is 5.16 Å². The van der Waals surface area contributed by atoms with Gasteiger partial charge in [0.05, 0.1) is 17.2 Å². The van der Waals surface area contributed by atoms with Gasteiger partial charge < -0.3 is 5.32 Å². The number of nitrogens with one attached hydrogen (secondary N) is 1. The second-order valence-corrected chi connectivity index (χ2v) is 5.80. The minimum atomic E-state index is 0.792. The molecule has 0 saturated heterocycles. The van der Waals surface area contributed by atoms with Crippen LogP contribution in [0.3, 0.4) is 0 Å². The summed E-state index contributed by atoms with van der Waals surface area (Å²) in [6.45, 7) is 6.84. The van der Waals surface area contributed by atoms with Gasteiger partial charge >= 0.3 is 0 Å².